The Morgan fingerprint density at radius 1 is 1.29 bits per heavy atom. The molecule has 0 bridgehead atoms. The Bertz CT molecular complexity index is 435. The monoisotopic (exact) mass is 292 g/mol. The minimum atomic E-state index is -0.165. The van der Waals surface area contributed by atoms with Crippen LogP contribution in [0.25, 0.3) is 0 Å². The SMILES string of the molecule is CCC1CCCN(C(c2cccc(F)c2)C(N)CC)CC1. The molecule has 2 nitrogen and oxygen atoms in total. The van der Waals surface area contributed by atoms with E-state index >= 15 is 0 Å². The van der Waals surface area contributed by atoms with Crippen LogP contribution in [-0.2, 0) is 0 Å². The number of likely N-dealkylation sites (tertiary alicyclic amines) is 1. The van der Waals surface area contributed by atoms with Crippen LogP contribution in [0.2, 0.25) is 0 Å². The van der Waals surface area contributed by atoms with Crippen LogP contribution in [0, 0.1) is 11.7 Å². The number of nitrogens with two attached hydrogens (primary N) is 1. The highest BCUT2D eigenvalue weighted by Gasteiger charge is 2.28. The summed E-state index contributed by atoms with van der Waals surface area (Å²) in [6.45, 7) is 6.55. The first-order valence-electron chi connectivity index (χ1n) is 8.40. The Hall–Kier alpha value is -0.930. The van der Waals surface area contributed by atoms with Gasteiger partial charge in [0.1, 0.15) is 5.82 Å². The van der Waals surface area contributed by atoms with Crippen molar-refractivity contribution in [1.82, 2.24) is 4.90 Å². The van der Waals surface area contributed by atoms with E-state index in [-0.39, 0.29) is 17.9 Å². The average molecular weight is 292 g/mol. The van der Waals surface area contributed by atoms with Crippen LogP contribution in [-0.4, -0.2) is 24.0 Å². The molecule has 1 aromatic carbocycles. The first kappa shape index (κ1) is 16.4. The molecule has 0 saturated carbocycles. The van der Waals surface area contributed by atoms with Gasteiger partial charge in [-0.25, -0.2) is 4.39 Å². The molecule has 2 N–H and O–H groups in total. The third-order valence-electron chi connectivity index (χ3n) is 4.92. The van der Waals surface area contributed by atoms with Crippen molar-refractivity contribution in [2.24, 2.45) is 11.7 Å². The summed E-state index contributed by atoms with van der Waals surface area (Å²) in [5, 5.41) is 0. The summed E-state index contributed by atoms with van der Waals surface area (Å²) in [6, 6.07) is 7.18. The number of benzene rings is 1. The zero-order valence-electron chi connectivity index (χ0n) is 13.4. The third kappa shape index (κ3) is 4.27. The van der Waals surface area contributed by atoms with Crippen LogP contribution in [0.4, 0.5) is 4.39 Å². The lowest BCUT2D eigenvalue weighted by molar-refractivity contribution is 0.173. The number of hydrogen-bond acceptors (Lipinski definition) is 2. The van der Waals surface area contributed by atoms with E-state index < -0.39 is 0 Å². The molecule has 3 heteroatoms. The van der Waals surface area contributed by atoms with E-state index in [0.717, 1.165) is 31.0 Å². The molecular formula is C18H29FN2. The van der Waals surface area contributed by atoms with Crippen LogP contribution in [0.3, 0.4) is 0 Å². The second kappa shape index (κ2) is 7.90. The molecule has 1 aromatic rings. The van der Waals surface area contributed by atoms with E-state index in [1.165, 1.54) is 31.7 Å². The van der Waals surface area contributed by atoms with Crippen molar-refractivity contribution in [3.63, 3.8) is 0 Å². The van der Waals surface area contributed by atoms with Gasteiger partial charge in [-0.05, 0) is 62.4 Å². The summed E-state index contributed by atoms with van der Waals surface area (Å²) in [7, 11) is 0. The standard InChI is InChI=1S/C18H29FN2/c1-3-14-7-6-11-21(12-10-14)18(17(20)4-2)15-8-5-9-16(19)13-15/h5,8-9,13-14,17-18H,3-4,6-7,10-12,20H2,1-2H3. The van der Waals surface area contributed by atoms with Gasteiger partial charge < -0.3 is 5.73 Å². The fourth-order valence-electron chi connectivity index (χ4n) is 3.52. The molecule has 21 heavy (non-hydrogen) atoms. The Balaban J connectivity index is 2.20. The van der Waals surface area contributed by atoms with Gasteiger partial charge in [-0.3, -0.25) is 4.90 Å². The maximum Gasteiger partial charge on any atom is 0.123 e. The molecule has 3 unspecified atom stereocenters. The molecule has 0 spiro atoms. The molecular weight excluding hydrogens is 263 g/mol. The van der Waals surface area contributed by atoms with Crippen molar-refractivity contribution in [3.05, 3.63) is 35.6 Å². The molecule has 1 aliphatic rings. The van der Waals surface area contributed by atoms with Crippen LogP contribution in [0.15, 0.2) is 24.3 Å². The van der Waals surface area contributed by atoms with Crippen LogP contribution >= 0.6 is 0 Å². The van der Waals surface area contributed by atoms with Crippen LogP contribution < -0.4 is 5.73 Å². The number of rotatable bonds is 5. The Morgan fingerprint density at radius 2 is 2.10 bits per heavy atom. The van der Waals surface area contributed by atoms with Gasteiger partial charge >= 0.3 is 0 Å². The lowest BCUT2D eigenvalue weighted by Crippen LogP contribution is -2.41. The fraction of sp³-hybridized carbons (Fsp3) is 0.667. The third-order valence-corrected chi connectivity index (χ3v) is 4.92. The quantitative estimate of drug-likeness (QED) is 0.884. The van der Waals surface area contributed by atoms with Crippen molar-refractivity contribution in [1.29, 1.82) is 0 Å². The molecule has 0 radical (unpaired) electrons. The normalized spacial score (nSPS) is 23.5. The zero-order valence-corrected chi connectivity index (χ0v) is 13.4. The van der Waals surface area contributed by atoms with Crippen LogP contribution in [0.5, 0.6) is 0 Å². The van der Waals surface area contributed by atoms with E-state index in [9.17, 15) is 4.39 Å². The molecule has 1 heterocycles. The predicted octanol–water partition coefficient (Wildman–Crippen LogP) is 4.12. The Kier molecular flexibility index (Phi) is 6.19. The van der Waals surface area contributed by atoms with Gasteiger partial charge in [-0.15, -0.1) is 0 Å². The smallest absolute Gasteiger partial charge is 0.123 e. The summed E-state index contributed by atoms with van der Waals surface area (Å²) in [6.07, 6.45) is 5.94. The summed E-state index contributed by atoms with van der Waals surface area (Å²) in [4.78, 5) is 2.48. The van der Waals surface area contributed by atoms with Gasteiger partial charge in [0.05, 0.1) is 0 Å². The molecule has 1 saturated heterocycles. The van der Waals surface area contributed by atoms with Gasteiger partial charge in [0.15, 0.2) is 0 Å². The first-order chi connectivity index (χ1) is 10.2. The van der Waals surface area contributed by atoms with Crippen molar-refractivity contribution in [3.8, 4) is 0 Å². The number of hydrogen-bond donors (Lipinski definition) is 1. The largest absolute Gasteiger partial charge is 0.326 e. The summed E-state index contributed by atoms with van der Waals surface area (Å²) in [5.41, 5.74) is 7.41. The summed E-state index contributed by atoms with van der Waals surface area (Å²) in [5.74, 6) is 0.670. The average Bonchev–Trinajstić information content (AvgIpc) is 2.73. The van der Waals surface area contributed by atoms with E-state index in [0.29, 0.717) is 0 Å². The lowest BCUT2D eigenvalue weighted by atomic mass is 9.95. The molecule has 118 valence electrons. The fourth-order valence-corrected chi connectivity index (χ4v) is 3.52. The Morgan fingerprint density at radius 3 is 2.76 bits per heavy atom. The van der Waals surface area contributed by atoms with Gasteiger partial charge in [-0.2, -0.15) is 0 Å². The van der Waals surface area contributed by atoms with Gasteiger partial charge in [-0.1, -0.05) is 32.4 Å². The van der Waals surface area contributed by atoms with Gasteiger partial charge in [0, 0.05) is 12.1 Å². The van der Waals surface area contributed by atoms with E-state index in [4.69, 9.17) is 5.73 Å². The highest BCUT2D eigenvalue weighted by molar-refractivity contribution is 5.22. The predicted molar refractivity (Wildman–Crippen MR) is 86.6 cm³/mol. The lowest BCUT2D eigenvalue weighted by Gasteiger charge is -2.35. The first-order valence-corrected chi connectivity index (χ1v) is 8.40. The Labute approximate surface area is 128 Å². The minimum absolute atomic E-state index is 0.0602. The molecule has 1 fully saturated rings. The molecule has 3 atom stereocenters. The highest BCUT2D eigenvalue weighted by atomic mass is 19.1. The second-order valence-electron chi connectivity index (χ2n) is 6.31. The number of nitrogens with zero attached hydrogens (tertiary/aromatic N) is 1. The van der Waals surface area contributed by atoms with Crippen molar-refractivity contribution in [2.45, 2.75) is 58.0 Å². The van der Waals surface area contributed by atoms with E-state index in [2.05, 4.69) is 18.7 Å². The topological polar surface area (TPSA) is 29.3 Å². The second-order valence-corrected chi connectivity index (χ2v) is 6.31. The van der Waals surface area contributed by atoms with Gasteiger partial charge in [0.2, 0.25) is 0 Å². The van der Waals surface area contributed by atoms with Crippen molar-refractivity contribution >= 4 is 0 Å². The number of halogens is 1. The van der Waals surface area contributed by atoms with Crippen molar-refractivity contribution < 1.29 is 4.39 Å². The summed E-state index contributed by atoms with van der Waals surface area (Å²) >= 11 is 0. The highest BCUT2D eigenvalue weighted by Crippen LogP contribution is 2.30. The molecule has 0 aromatic heterocycles. The molecule has 2 rings (SSSR count). The van der Waals surface area contributed by atoms with Gasteiger partial charge in [0.25, 0.3) is 0 Å². The zero-order chi connectivity index (χ0) is 15.2. The van der Waals surface area contributed by atoms with E-state index in [1.54, 1.807) is 12.1 Å². The maximum atomic E-state index is 13.6. The molecule has 1 aliphatic heterocycles. The molecule has 0 aliphatic carbocycles. The van der Waals surface area contributed by atoms with Crippen LogP contribution in [0.1, 0.15) is 57.6 Å². The summed E-state index contributed by atoms with van der Waals surface area (Å²) < 4.78 is 13.6. The minimum Gasteiger partial charge on any atom is -0.326 e. The van der Waals surface area contributed by atoms with E-state index in [1.807, 2.05) is 6.07 Å². The molecule has 0 amide bonds. The maximum absolute atomic E-state index is 13.6. The van der Waals surface area contributed by atoms with Crippen molar-refractivity contribution in [2.75, 3.05) is 13.1 Å².